The molecule has 37 heavy (non-hydrogen) atoms. The number of benzene rings is 2. The topological polar surface area (TPSA) is 130 Å². The molecular weight excluding hydrogens is 516 g/mol. The lowest BCUT2D eigenvalue weighted by atomic mass is 10.0. The summed E-state index contributed by atoms with van der Waals surface area (Å²) in [6, 6.07) is 15.2. The number of hydrogen-bond acceptors (Lipinski definition) is 5. The second-order valence-corrected chi connectivity index (χ2v) is 11.2. The first kappa shape index (κ1) is 25.3. The van der Waals surface area contributed by atoms with Crippen LogP contribution in [0.15, 0.2) is 59.5 Å². The van der Waals surface area contributed by atoms with Crippen molar-refractivity contribution in [1.82, 2.24) is 19.1 Å². The highest BCUT2D eigenvalue weighted by molar-refractivity contribution is 7.89. The molecular formula is C25H27ClN6O4S. The second kappa shape index (κ2) is 10.2. The molecule has 4 N–H and O–H groups in total. The SMILES string of the molecule is NC(=O)c1c2c(n(-c3ccccc3)c1Cl)CCN(C(=O)Nc1ccc(S(=O)(=O)N3CCNCC3)cc1)C2. The van der Waals surface area contributed by atoms with Crippen molar-refractivity contribution in [3.8, 4) is 5.69 Å². The molecule has 3 amide bonds. The van der Waals surface area contributed by atoms with Crippen LogP contribution in [-0.4, -0.2) is 66.9 Å². The Morgan fingerprint density at radius 3 is 2.30 bits per heavy atom. The van der Waals surface area contributed by atoms with Crippen molar-refractivity contribution in [3.63, 3.8) is 0 Å². The lowest BCUT2D eigenvalue weighted by molar-refractivity contribution is 0.0998. The van der Waals surface area contributed by atoms with E-state index in [-0.39, 0.29) is 28.2 Å². The summed E-state index contributed by atoms with van der Waals surface area (Å²) in [7, 11) is -3.59. The number of amides is 3. The van der Waals surface area contributed by atoms with Crippen LogP contribution in [0.5, 0.6) is 0 Å². The third-order valence-corrected chi connectivity index (χ3v) is 8.93. The summed E-state index contributed by atoms with van der Waals surface area (Å²) in [6.45, 7) is 2.63. The van der Waals surface area contributed by atoms with Gasteiger partial charge in [-0.2, -0.15) is 4.31 Å². The first-order valence-electron chi connectivity index (χ1n) is 11.9. The van der Waals surface area contributed by atoms with E-state index < -0.39 is 15.9 Å². The third kappa shape index (κ3) is 4.82. The van der Waals surface area contributed by atoms with E-state index >= 15 is 0 Å². The maximum Gasteiger partial charge on any atom is 0.322 e. The van der Waals surface area contributed by atoms with E-state index in [0.717, 1.165) is 11.4 Å². The molecule has 5 rings (SSSR count). The molecule has 2 aliphatic rings. The van der Waals surface area contributed by atoms with Gasteiger partial charge in [-0.05, 0) is 36.4 Å². The highest BCUT2D eigenvalue weighted by Gasteiger charge is 2.32. The number of para-hydroxylation sites is 1. The van der Waals surface area contributed by atoms with E-state index in [4.69, 9.17) is 17.3 Å². The minimum atomic E-state index is -3.59. The van der Waals surface area contributed by atoms with E-state index in [1.807, 2.05) is 34.9 Å². The molecule has 1 fully saturated rings. The normalized spacial score (nSPS) is 16.3. The number of primary amides is 1. The fourth-order valence-corrected chi connectivity index (χ4v) is 6.64. The number of hydrogen-bond donors (Lipinski definition) is 3. The van der Waals surface area contributed by atoms with Crippen LogP contribution in [0.2, 0.25) is 5.15 Å². The smallest absolute Gasteiger partial charge is 0.322 e. The van der Waals surface area contributed by atoms with E-state index in [1.54, 1.807) is 17.0 Å². The summed E-state index contributed by atoms with van der Waals surface area (Å²) in [4.78, 5) is 27.1. The van der Waals surface area contributed by atoms with Crippen molar-refractivity contribution < 1.29 is 18.0 Å². The molecule has 194 valence electrons. The van der Waals surface area contributed by atoms with Crippen LogP contribution < -0.4 is 16.4 Å². The van der Waals surface area contributed by atoms with Crippen LogP contribution in [0.3, 0.4) is 0 Å². The Labute approximate surface area is 220 Å². The predicted molar refractivity (Wildman–Crippen MR) is 141 cm³/mol. The Hall–Kier alpha value is -3.38. The van der Waals surface area contributed by atoms with Gasteiger partial charge in [-0.15, -0.1) is 0 Å². The van der Waals surface area contributed by atoms with E-state index in [9.17, 15) is 18.0 Å². The average molecular weight is 543 g/mol. The zero-order valence-corrected chi connectivity index (χ0v) is 21.6. The first-order valence-corrected chi connectivity index (χ1v) is 13.7. The van der Waals surface area contributed by atoms with Crippen molar-refractivity contribution in [1.29, 1.82) is 0 Å². The number of fused-ring (bicyclic) bond motifs is 1. The summed E-state index contributed by atoms with van der Waals surface area (Å²) in [5.41, 5.74) is 8.62. The number of aromatic nitrogens is 1. The Balaban J connectivity index is 1.33. The number of urea groups is 1. The summed E-state index contributed by atoms with van der Waals surface area (Å²) >= 11 is 6.60. The fraction of sp³-hybridized carbons (Fsp3) is 0.280. The highest BCUT2D eigenvalue weighted by atomic mass is 35.5. The van der Waals surface area contributed by atoms with Gasteiger partial charge < -0.3 is 25.8 Å². The quantitative estimate of drug-likeness (QED) is 0.456. The summed E-state index contributed by atoms with van der Waals surface area (Å²) in [5.74, 6) is -0.653. The lowest BCUT2D eigenvalue weighted by Gasteiger charge is -2.29. The van der Waals surface area contributed by atoms with Crippen LogP contribution in [0.4, 0.5) is 10.5 Å². The standard InChI is InChI=1S/C25H27ClN6O4S/c26-23-22(24(27)33)20-16-30(13-10-21(20)32(23)18-4-2-1-3-5-18)25(34)29-17-6-8-19(9-7-17)37(35,36)31-14-11-28-12-15-31/h1-9,28H,10-16H2,(H2,27,33)(H,29,34). The molecule has 0 aliphatic carbocycles. The van der Waals surface area contributed by atoms with Crippen molar-refractivity contribution in [2.75, 3.05) is 38.0 Å². The Bertz CT molecular complexity index is 1430. The van der Waals surface area contributed by atoms with Crippen LogP contribution in [0.25, 0.3) is 5.69 Å². The molecule has 3 heterocycles. The maximum atomic E-state index is 13.1. The monoisotopic (exact) mass is 542 g/mol. The highest BCUT2D eigenvalue weighted by Crippen LogP contribution is 2.34. The summed E-state index contributed by atoms with van der Waals surface area (Å²) in [5, 5.41) is 6.18. The van der Waals surface area contributed by atoms with Gasteiger partial charge in [-0.3, -0.25) is 4.79 Å². The zero-order chi connectivity index (χ0) is 26.2. The maximum absolute atomic E-state index is 13.1. The van der Waals surface area contributed by atoms with Gasteiger partial charge in [0.25, 0.3) is 5.91 Å². The van der Waals surface area contributed by atoms with Crippen molar-refractivity contribution >= 4 is 39.2 Å². The zero-order valence-electron chi connectivity index (χ0n) is 20.0. The van der Waals surface area contributed by atoms with E-state index in [0.29, 0.717) is 50.4 Å². The number of sulfonamides is 1. The van der Waals surface area contributed by atoms with Gasteiger partial charge in [-0.1, -0.05) is 29.8 Å². The molecule has 0 unspecified atom stereocenters. The molecule has 0 spiro atoms. The number of nitrogens with two attached hydrogens (primary N) is 1. The van der Waals surface area contributed by atoms with Gasteiger partial charge in [0.15, 0.2) is 0 Å². The number of nitrogens with zero attached hydrogens (tertiary/aromatic N) is 3. The molecule has 10 nitrogen and oxygen atoms in total. The molecule has 1 saturated heterocycles. The van der Waals surface area contributed by atoms with Gasteiger partial charge in [0, 0.05) is 61.8 Å². The summed E-state index contributed by atoms with van der Waals surface area (Å²) < 4.78 is 29.0. The van der Waals surface area contributed by atoms with Gasteiger partial charge in [0.05, 0.1) is 17.0 Å². The van der Waals surface area contributed by atoms with Crippen LogP contribution in [0.1, 0.15) is 21.6 Å². The number of nitrogens with one attached hydrogen (secondary N) is 2. The van der Waals surface area contributed by atoms with E-state index in [2.05, 4.69) is 10.6 Å². The van der Waals surface area contributed by atoms with Crippen molar-refractivity contribution in [3.05, 3.63) is 76.6 Å². The van der Waals surface area contributed by atoms with Gasteiger partial charge in [0.2, 0.25) is 10.0 Å². The van der Waals surface area contributed by atoms with Gasteiger partial charge >= 0.3 is 6.03 Å². The molecule has 0 radical (unpaired) electrons. The molecule has 0 saturated carbocycles. The number of carbonyl (C=O) groups excluding carboxylic acids is 2. The molecule has 1 aromatic heterocycles. The Morgan fingerprint density at radius 2 is 1.65 bits per heavy atom. The number of rotatable bonds is 5. The van der Waals surface area contributed by atoms with E-state index in [1.165, 1.54) is 16.4 Å². The predicted octanol–water partition coefficient (Wildman–Crippen LogP) is 2.41. The molecule has 0 atom stereocenters. The minimum Gasteiger partial charge on any atom is -0.365 e. The van der Waals surface area contributed by atoms with Crippen molar-refractivity contribution in [2.45, 2.75) is 17.9 Å². The summed E-state index contributed by atoms with van der Waals surface area (Å²) in [6.07, 6.45) is 0.479. The lowest BCUT2D eigenvalue weighted by Crippen LogP contribution is -2.46. The molecule has 2 aromatic carbocycles. The largest absolute Gasteiger partial charge is 0.365 e. The number of carbonyl (C=O) groups is 2. The number of anilines is 1. The molecule has 12 heteroatoms. The van der Waals surface area contributed by atoms with Gasteiger partial charge in [-0.25, -0.2) is 13.2 Å². The minimum absolute atomic E-state index is 0.161. The molecule has 0 bridgehead atoms. The number of piperazine rings is 1. The third-order valence-electron chi connectivity index (χ3n) is 6.66. The molecule has 3 aromatic rings. The Morgan fingerprint density at radius 1 is 0.973 bits per heavy atom. The Kier molecular flexibility index (Phi) is 6.95. The second-order valence-electron chi connectivity index (χ2n) is 8.91. The van der Waals surface area contributed by atoms with Crippen LogP contribution in [-0.2, 0) is 23.0 Å². The average Bonchev–Trinajstić information content (AvgIpc) is 3.21. The fourth-order valence-electron chi connectivity index (χ4n) is 4.79. The van der Waals surface area contributed by atoms with Crippen molar-refractivity contribution in [2.24, 2.45) is 5.73 Å². The van der Waals surface area contributed by atoms with Crippen LogP contribution >= 0.6 is 11.6 Å². The molecule has 2 aliphatic heterocycles. The van der Waals surface area contributed by atoms with Gasteiger partial charge in [0.1, 0.15) is 5.15 Å². The number of halogens is 1. The first-order chi connectivity index (χ1) is 17.8. The van der Waals surface area contributed by atoms with Crippen LogP contribution in [0, 0.1) is 0 Å².